The third-order valence-electron chi connectivity index (χ3n) is 7.21. The van der Waals surface area contributed by atoms with Gasteiger partial charge in [-0.1, -0.05) is 31.9 Å². The predicted octanol–water partition coefficient (Wildman–Crippen LogP) is 2.59. The molecule has 9 nitrogen and oxygen atoms in total. The SMILES string of the molecule is CC[C@@H](C)N(CC(=O)Nc1cccc(C)c1C)C(=O)COC(=O)CN1C(=O)[C@H]2CCCC[C@H]2C1=O. The lowest BCUT2D eigenvalue weighted by Gasteiger charge is -2.28. The molecule has 0 bridgehead atoms. The number of nitrogens with one attached hydrogen (secondary N) is 1. The molecule has 0 spiro atoms. The fourth-order valence-electron chi connectivity index (χ4n) is 4.73. The summed E-state index contributed by atoms with van der Waals surface area (Å²) >= 11 is 0. The van der Waals surface area contributed by atoms with Crippen molar-refractivity contribution in [2.45, 2.75) is 65.8 Å². The molecule has 1 aliphatic carbocycles. The Kier molecular flexibility index (Phi) is 8.64. The highest BCUT2D eigenvalue weighted by Crippen LogP contribution is 2.37. The second-order valence-electron chi connectivity index (χ2n) is 9.50. The van der Waals surface area contributed by atoms with E-state index >= 15 is 0 Å². The molecular formula is C26H35N3O6. The molecule has 2 fully saturated rings. The topological polar surface area (TPSA) is 113 Å². The van der Waals surface area contributed by atoms with Crippen LogP contribution in [0.4, 0.5) is 5.69 Å². The van der Waals surface area contributed by atoms with Crippen LogP contribution in [0.2, 0.25) is 0 Å². The number of esters is 1. The molecule has 1 aliphatic heterocycles. The maximum absolute atomic E-state index is 12.8. The van der Waals surface area contributed by atoms with Crippen LogP contribution in [-0.4, -0.2) is 65.1 Å². The van der Waals surface area contributed by atoms with Gasteiger partial charge in [0, 0.05) is 11.7 Å². The summed E-state index contributed by atoms with van der Waals surface area (Å²) < 4.78 is 5.12. The summed E-state index contributed by atoms with van der Waals surface area (Å²) in [4.78, 5) is 65.4. The largest absolute Gasteiger partial charge is 0.454 e. The smallest absolute Gasteiger partial charge is 0.326 e. The number of hydrogen-bond donors (Lipinski definition) is 1. The first-order valence-corrected chi connectivity index (χ1v) is 12.3. The van der Waals surface area contributed by atoms with Crippen molar-refractivity contribution < 1.29 is 28.7 Å². The van der Waals surface area contributed by atoms with E-state index in [0.717, 1.165) is 28.9 Å². The number of carbonyl (C=O) groups excluding carboxylic acids is 5. The Morgan fingerprint density at radius 2 is 1.74 bits per heavy atom. The Morgan fingerprint density at radius 3 is 2.34 bits per heavy atom. The van der Waals surface area contributed by atoms with Crippen LogP contribution in [0.25, 0.3) is 0 Å². The van der Waals surface area contributed by atoms with Gasteiger partial charge in [-0.15, -0.1) is 0 Å². The van der Waals surface area contributed by atoms with Crippen molar-refractivity contribution in [2.24, 2.45) is 11.8 Å². The molecule has 1 heterocycles. The summed E-state index contributed by atoms with van der Waals surface area (Å²) in [5.41, 5.74) is 2.67. The first-order valence-electron chi connectivity index (χ1n) is 12.3. The van der Waals surface area contributed by atoms with E-state index in [1.54, 1.807) is 6.07 Å². The molecule has 4 amide bonds. The molecule has 1 saturated heterocycles. The van der Waals surface area contributed by atoms with Gasteiger partial charge in [0.2, 0.25) is 17.7 Å². The minimum absolute atomic E-state index is 0.189. The van der Waals surface area contributed by atoms with Crippen LogP contribution in [0, 0.1) is 25.7 Å². The van der Waals surface area contributed by atoms with Gasteiger partial charge in [-0.2, -0.15) is 0 Å². The molecule has 0 aromatic heterocycles. The van der Waals surface area contributed by atoms with Gasteiger partial charge in [-0.3, -0.25) is 28.9 Å². The lowest BCUT2D eigenvalue weighted by molar-refractivity contribution is -0.157. The van der Waals surface area contributed by atoms with Crippen LogP contribution in [0.15, 0.2) is 18.2 Å². The summed E-state index contributed by atoms with van der Waals surface area (Å²) in [6, 6.07) is 5.34. The van der Waals surface area contributed by atoms with Gasteiger partial charge in [0.1, 0.15) is 13.1 Å². The molecule has 0 radical (unpaired) electrons. The van der Waals surface area contributed by atoms with E-state index in [9.17, 15) is 24.0 Å². The number of anilines is 1. The second-order valence-corrected chi connectivity index (χ2v) is 9.50. The van der Waals surface area contributed by atoms with E-state index in [1.807, 2.05) is 39.8 Å². The molecule has 1 N–H and O–H groups in total. The molecule has 1 saturated carbocycles. The van der Waals surface area contributed by atoms with E-state index in [2.05, 4.69) is 5.32 Å². The van der Waals surface area contributed by atoms with Crippen molar-refractivity contribution in [3.05, 3.63) is 29.3 Å². The molecule has 3 atom stereocenters. The van der Waals surface area contributed by atoms with Crippen molar-refractivity contribution in [3.63, 3.8) is 0 Å². The molecule has 9 heteroatoms. The number of likely N-dealkylation sites (tertiary alicyclic amines) is 1. The van der Waals surface area contributed by atoms with Crippen LogP contribution in [0.1, 0.15) is 57.1 Å². The lowest BCUT2D eigenvalue weighted by atomic mass is 9.81. The maximum atomic E-state index is 12.8. The summed E-state index contributed by atoms with van der Waals surface area (Å²) in [5, 5.41) is 2.84. The average molecular weight is 486 g/mol. The van der Waals surface area contributed by atoms with Gasteiger partial charge in [-0.05, 0) is 57.2 Å². The van der Waals surface area contributed by atoms with Crippen LogP contribution >= 0.6 is 0 Å². The molecular weight excluding hydrogens is 450 g/mol. The quantitative estimate of drug-likeness (QED) is 0.425. The molecule has 190 valence electrons. The Bertz CT molecular complexity index is 983. The summed E-state index contributed by atoms with van der Waals surface area (Å²) in [6.07, 6.45) is 3.72. The molecule has 1 aromatic carbocycles. The van der Waals surface area contributed by atoms with Crippen molar-refractivity contribution in [1.82, 2.24) is 9.80 Å². The van der Waals surface area contributed by atoms with Crippen LogP contribution in [0.5, 0.6) is 0 Å². The number of amides is 4. The first-order chi connectivity index (χ1) is 16.6. The standard InChI is InChI=1S/C26H35N3O6/c1-5-17(3)28(13-22(30)27-21-12-8-9-16(2)18(21)4)23(31)15-35-24(32)14-29-25(33)19-10-6-7-11-20(19)26(29)34/h8-9,12,17,19-20H,5-7,10-11,13-15H2,1-4H3,(H,27,30)/t17-,19-,20+/m1/s1. The highest BCUT2D eigenvalue weighted by molar-refractivity contribution is 6.07. The van der Waals surface area contributed by atoms with Crippen LogP contribution in [0.3, 0.4) is 0 Å². The highest BCUT2D eigenvalue weighted by atomic mass is 16.5. The normalized spacial score (nSPS) is 20.3. The van der Waals surface area contributed by atoms with E-state index in [4.69, 9.17) is 4.74 Å². The Hall–Kier alpha value is -3.23. The van der Waals surface area contributed by atoms with Crippen molar-refractivity contribution in [3.8, 4) is 0 Å². The van der Waals surface area contributed by atoms with Gasteiger partial charge in [0.05, 0.1) is 11.8 Å². The third kappa shape index (κ3) is 6.07. The summed E-state index contributed by atoms with van der Waals surface area (Å²) in [7, 11) is 0. The lowest BCUT2D eigenvalue weighted by Crippen LogP contribution is -2.45. The monoisotopic (exact) mass is 485 g/mol. The Labute approximate surface area is 206 Å². The van der Waals surface area contributed by atoms with Crippen LogP contribution in [-0.2, 0) is 28.7 Å². The number of ether oxygens (including phenoxy) is 1. The average Bonchev–Trinajstić information content (AvgIpc) is 3.08. The number of nitrogens with zero attached hydrogens (tertiary/aromatic N) is 2. The molecule has 0 unspecified atom stereocenters. The third-order valence-corrected chi connectivity index (χ3v) is 7.21. The number of hydrogen-bond acceptors (Lipinski definition) is 6. The minimum Gasteiger partial charge on any atom is -0.454 e. The maximum Gasteiger partial charge on any atom is 0.326 e. The zero-order valence-corrected chi connectivity index (χ0v) is 21.0. The fraction of sp³-hybridized carbons (Fsp3) is 0.577. The molecule has 1 aromatic rings. The van der Waals surface area contributed by atoms with E-state index in [0.29, 0.717) is 24.9 Å². The van der Waals surface area contributed by atoms with E-state index in [1.165, 1.54) is 4.90 Å². The molecule has 2 aliphatic rings. The number of benzene rings is 1. The van der Waals surface area contributed by atoms with Gasteiger partial charge in [0.25, 0.3) is 5.91 Å². The number of imide groups is 1. The zero-order chi connectivity index (χ0) is 25.7. The van der Waals surface area contributed by atoms with Crippen molar-refractivity contribution in [1.29, 1.82) is 0 Å². The van der Waals surface area contributed by atoms with E-state index < -0.39 is 25.0 Å². The van der Waals surface area contributed by atoms with Gasteiger partial charge < -0.3 is 15.0 Å². The van der Waals surface area contributed by atoms with Crippen molar-refractivity contribution >= 4 is 35.3 Å². The molecule has 3 rings (SSSR count). The zero-order valence-electron chi connectivity index (χ0n) is 21.0. The Balaban J connectivity index is 1.55. The number of carbonyl (C=O) groups is 5. The van der Waals surface area contributed by atoms with Crippen molar-refractivity contribution in [2.75, 3.05) is 25.0 Å². The van der Waals surface area contributed by atoms with Crippen LogP contribution < -0.4 is 5.32 Å². The first kappa shape index (κ1) is 26.4. The summed E-state index contributed by atoms with van der Waals surface area (Å²) in [6.45, 7) is 6.32. The fourth-order valence-corrected chi connectivity index (χ4v) is 4.73. The van der Waals surface area contributed by atoms with E-state index in [-0.39, 0.29) is 42.1 Å². The number of rotatable bonds is 9. The van der Waals surface area contributed by atoms with Gasteiger partial charge in [-0.25, -0.2) is 0 Å². The Morgan fingerprint density at radius 1 is 1.11 bits per heavy atom. The highest BCUT2D eigenvalue weighted by Gasteiger charge is 2.48. The minimum atomic E-state index is -0.817. The number of aryl methyl sites for hydroxylation is 1. The summed E-state index contributed by atoms with van der Waals surface area (Å²) in [5.74, 6) is -3.03. The molecule has 35 heavy (non-hydrogen) atoms. The second kappa shape index (κ2) is 11.5. The van der Waals surface area contributed by atoms with Gasteiger partial charge >= 0.3 is 5.97 Å². The van der Waals surface area contributed by atoms with Gasteiger partial charge in [0.15, 0.2) is 6.61 Å². The number of fused-ring (bicyclic) bond motifs is 1. The predicted molar refractivity (Wildman–Crippen MR) is 129 cm³/mol.